The molecular weight excluding hydrogens is 244 g/mol. The fourth-order valence-corrected chi connectivity index (χ4v) is 10.8. The standard InChI is InChI=1S/C18H24Si/c1-14-13-15(2)18(16(14)3)19(11-7-8-12-19)17-9-5-4-6-10-17/h4-6,9-10,13,18H,7-8,11-12H2,1-3H3. The second-order valence-electron chi connectivity index (χ2n) is 6.42. The first-order valence-corrected chi connectivity index (χ1v) is 10.1. The summed E-state index contributed by atoms with van der Waals surface area (Å²) in [5.41, 5.74) is 5.59. The molecule has 1 aliphatic carbocycles. The van der Waals surface area contributed by atoms with E-state index in [1.54, 1.807) is 16.3 Å². The van der Waals surface area contributed by atoms with E-state index in [0.717, 1.165) is 5.54 Å². The first-order chi connectivity index (χ1) is 9.15. The van der Waals surface area contributed by atoms with Crippen LogP contribution < -0.4 is 5.19 Å². The van der Waals surface area contributed by atoms with E-state index in [4.69, 9.17) is 0 Å². The largest absolute Gasteiger partial charge is 0.0978 e. The van der Waals surface area contributed by atoms with Gasteiger partial charge >= 0.3 is 0 Å². The van der Waals surface area contributed by atoms with Gasteiger partial charge in [-0.15, -0.1) is 0 Å². The van der Waals surface area contributed by atoms with Crippen molar-refractivity contribution in [3.63, 3.8) is 0 Å². The van der Waals surface area contributed by atoms with E-state index in [1.165, 1.54) is 30.5 Å². The Morgan fingerprint density at radius 3 is 2.11 bits per heavy atom. The van der Waals surface area contributed by atoms with Crippen molar-refractivity contribution < 1.29 is 0 Å². The summed E-state index contributed by atoms with van der Waals surface area (Å²) in [6.07, 6.45) is 5.32. The van der Waals surface area contributed by atoms with Crippen LogP contribution in [0.15, 0.2) is 53.1 Å². The summed E-state index contributed by atoms with van der Waals surface area (Å²) in [5.74, 6) is 0. The van der Waals surface area contributed by atoms with E-state index < -0.39 is 8.07 Å². The number of rotatable bonds is 2. The maximum absolute atomic E-state index is 2.44. The Kier molecular flexibility index (Phi) is 3.26. The number of benzene rings is 1. The monoisotopic (exact) mass is 268 g/mol. The molecule has 1 unspecified atom stereocenters. The molecule has 0 amide bonds. The Morgan fingerprint density at radius 1 is 0.947 bits per heavy atom. The molecule has 0 bridgehead atoms. The van der Waals surface area contributed by atoms with Crippen LogP contribution in [0.5, 0.6) is 0 Å². The van der Waals surface area contributed by atoms with Gasteiger partial charge in [0.15, 0.2) is 0 Å². The topological polar surface area (TPSA) is 0 Å². The van der Waals surface area contributed by atoms with Gasteiger partial charge in [0, 0.05) is 5.54 Å². The highest BCUT2D eigenvalue weighted by Crippen LogP contribution is 2.49. The van der Waals surface area contributed by atoms with Gasteiger partial charge in [0.25, 0.3) is 0 Å². The Hall–Kier alpha value is -1.08. The lowest BCUT2D eigenvalue weighted by atomic mass is 10.1. The lowest BCUT2D eigenvalue weighted by Gasteiger charge is -2.36. The Labute approximate surface area is 118 Å². The average molecular weight is 268 g/mol. The zero-order valence-corrected chi connectivity index (χ0v) is 13.4. The molecule has 0 saturated carbocycles. The van der Waals surface area contributed by atoms with Gasteiger partial charge in [-0.05, 0) is 20.8 Å². The zero-order valence-electron chi connectivity index (χ0n) is 12.4. The Bertz CT molecular complexity index is 530. The number of hydrogen-bond donors (Lipinski definition) is 0. The van der Waals surface area contributed by atoms with Crippen LogP contribution in [0.25, 0.3) is 0 Å². The van der Waals surface area contributed by atoms with Gasteiger partial charge in [-0.25, -0.2) is 0 Å². The predicted molar refractivity (Wildman–Crippen MR) is 86.6 cm³/mol. The van der Waals surface area contributed by atoms with Crippen molar-refractivity contribution in [1.82, 2.24) is 0 Å². The van der Waals surface area contributed by atoms with Crippen LogP contribution in [-0.2, 0) is 0 Å². The summed E-state index contributed by atoms with van der Waals surface area (Å²) >= 11 is 0. The molecule has 1 aromatic carbocycles. The molecule has 19 heavy (non-hydrogen) atoms. The van der Waals surface area contributed by atoms with Crippen LogP contribution in [0.1, 0.15) is 33.6 Å². The van der Waals surface area contributed by atoms with Gasteiger partial charge < -0.3 is 0 Å². The van der Waals surface area contributed by atoms with E-state index in [-0.39, 0.29) is 0 Å². The fraction of sp³-hybridized carbons (Fsp3) is 0.444. The van der Waals surface area contributed by atoms with Crippen molar-refractivity contribution in [3.8, 4) is 0 Å². The van der Waals surface area contributed by atoms with Crippen LogP contribution in [0, 0.1) is 0 Å². The average Bonchev–Trinajstić information content (AvgIpc) is 2.98. The van der Waals surface area contributed by atoms with Crippen LogP contribution in [-0.4, -0.2) is 8.07 Å². The summed E-state index contributed by atoms with van der Waals surface area (Å²) in [6, 6.07) is 14.4. The molecule has 1 fully saturated rings. The third-order valence-corrected chi connectivity index (χ3v) is 11.3. The third-order valence-electron chi connectivity index (χ3n) is 5.35. The lowest BCUT2D eigenvalue weighted by molar-refractivity contribution is 0.935. The molecule has 0 aromatic heterocycles. The van der Waals surface area contributed by atoms with Crippen molar-refractivity contribution in [2.45, 2.75) is 51.2 Å². The fourth-order valence-electron chi connectivity index (χ4n) is 4.48. The minimum atomic E-state index is -1.37. The smallest absolute Gasteiger partial charge is 0.0682 e. The second kappa shape index (κ2) is 4.79. The summed E-state index contributed by atoms with van der Waals surface area (Å²) in [6.45, 7) is 7.03. The second-order valence-corrected chi connectivity index (χ2v) is 10.9. The molecule has 0 nitrogen and oxygen atoms in total. The molecule has 100 valence electrons. The van der Waals surface area contributed by atoms with Gasteiger partial charge in [0.2, 0.25) is 0 Å². The van der Waals surface area contributed by atoms with Crippen LogP contribution >= 0.6 is 0 Å². The molecule has 1 aromatic rings. The minimum absolute atomic E-state index is 0.775. The molecular formula is C18H24Si. The van der Waals surface area contributed by atoms with Gasteiger partial charge in [0.05, 0.1) is 8.07 Å². The number of allylic oxidation sites excluding steroid dienone is 4. The van der Waals surface area contributed by atoms with Gasteiger partial charge in [0.1, 0.15) is 0 Å². The third kappa shape index (κ3) is 1.95. The molecule has 3 rings (SSSR count). The van der Waals surface area contributed by atoms with Crippen LogP contribution in [0.3, 0.4) is 0 Å². The van der Waals surface area contributed by atoms with Gasteiger partial charge in [-0.3, -0.25) is 0 Å². The highest BCUT2D eigenvalue weighted by Gasteiger charge is 2.47. The number of hydrogen-bond acceptors (Lipinski definition) is 0. The lowest BCUT2D eigenvalue weighted by Crippen LogP contribution is -2.49. The van der Waals surface area contributed by atoms with Crippen LogP contribution in [0.4, 0.5) is 0 Å². The summed E-state index contributed by atoms with van der Waals surface area (Å²) in [7, 11) is -1.37. The first kappa shape index (κ1) is 12.9. The zero-order chi connectivity index (χ0) is 13.5. The molecule has 0 N–H and O–H groups in total. The minimum Gasteiger partial charge on any atom is -0.0682 e. The van der Waals surface area contributed by atoms with Gasteiger partial charge in [-0.2, -0.15) is 0 Å². The molecule has 1 heteroatoms. The summed E-state index contributed by atoms with van der Waals surface area (Å²) in [5, 5.41) is 1.69. The van der Waals surface area contributed by atoms with Crippen LogP contribution in [0.2, 0.25) is 17.6 Å². The van der Waals surface area contributed by atoms with Gasteiger partial charge in [-0.1, -0.05) is 83.2 Å². The van der Waals surface area contributed by atoms with Crippen molar-refractivity contribution in [3.05, 3.63) is 53.1 Å². The van der Waals surface area contributed by atoms with E-state index in [2.05, 4.69) is 57.2 Å². The van der Waals surface area contributed by atoms with Crippen molar-refractivity contribution >= 4 is 13.3 Å². The molecule has 1 heterocycles. The SMILES string of the molecule is CC1=CC(C)=C(C)C1[Si]1(c2ccccc2)CCCC1. The van der Waals surface area contributed by atoms with Crippen molar-refractivity contribution in [2.24, 2.45) is 0 Å². The van der Waals surface area contributed by atoms with E-state index in [1.807, 2.05) is 0 Å². The molecule has 2 aliphatic rings. The maximum atomic E-state index is 2.44. The van der Waals surface area contributed by atoms with E-state index >= 15 is 0 Å². The highest BCUT2D eigenvalue weighted by molar-refractivity contribution is 6.94. The van der Waals surface area contributed by atoms with Crippen molar-refractivity contribution in [1.29, 1.82) is 0 Å². The van der Waals surface area contributed by atoms with Crippen molar-refractivity contribution in [2.75, 3.05) is 0 Å². The highest BCUT2D eigenvalue weighted by atomic mass is 28.3. The quantitative estimate of drug-likeness (QED) is 0.676. The summed E-state index contributed by atoms with van der Waals surface area (Å²) in [4.78, 5) is 0. The molecule has 0 radical (unpaired) electrons. The molecule has 1 aliphatic heterocycles. The Morgan fingerprint density at radius 2 is 1.58 bits per heavy atom. The molecule has 1 atom stereocenters. The predicted octanol–water partition coefficient (Wildman–Crippen LogP) is 4.80. The molecule has 1 saturated heterocycles. The van der Waals surface area contributed by atoms with E-state index in [9.17, 15) is 0 Å². The summed E-state index contributed by atoms with van der Waals surface area (Å²) < 4.78 is 0. The maximum Gasteiger partial charge on any atom is 0.0978 e. The first-order valence-electron chi connectivity index (χ1n) is 7.56. The van der Waals surface area contributed by atoms with E-state index in [0.29, 0.717) is 0 Å². The Balaban J connectivity index is 2.11. The molecule has 0 spiro atoms. The normalized spacial score (nSPS) is 25.8.